The van der Waals surface area contributed by atoms with E-state index in [-0.39, 0.29) is 5.91 Å². The Morgan fingerprint density at radius 2 is 2.62 bits per heavy atom. The molecular formula is C9H13N3O. The van der Waals surface area contributed by atoms with E-state index < -0.39 is 6.17 Å². The fourth-order valence-corrected chi connectivity index (χ4v) is 0.923. The average Bonchev–Trinajstić information content (AvgIpc) is 2.19. The Bertz CT molecular complexity index is 268. The summed E-state index contributed by atoms with van der Waals surface area (Å²) >= 11 is 0. The molecule has 1 heterocycles. The van der Waals surface area contributed by atoms with E-state index >= 15 is 0 Å². The second-order valence-corrected chi connectivity index (χ2v) is 2.68. The summed E-state index contributed by atoms with van der Waals surface area (Å²) < 4.78 is 0. The summed E-state index contributed by atoms with van der Waals surface area (Å²) in [7, 11) is 0. The summed E-state index contributed by atoms with van der Waals surface area (Å²) in [6.07, 6.45) is 6.93. The summed E-state index contributed by atoms with van der Waals surface area (Å²) in [6, 6.07) is 0. The first kappa shape index (κ1) is 9.54. The quantitative estimate of drug-likeness (QED) is 0.421. The van der Waals surface area contributed by atoms with Crippen LogP contribution >= 0.6 is 0 Å². The van der Waals surface area contributed by atoms with Gasteiger partial charge in [-0.1, -0.05) is 18.7 Å². The van der Waals surface area contributed by atoms with Crippen LogP contribution in [0.2, 0.25) is 0 Å². The van der Waals surface area contributed by atoms with E-state index in [0.29, 0.717) is 12.0 Å². The molecule has 70 valence electrons. The molecule has 0 fully saturated rings. The lowest BCUT2D eigenvalue weighted by Gasteiger charge is -2.12. The van der Waals surface area contributed by atoms with Gasteiger partial charge in [-0.15, -0.1) is 0 Å². The van der Waals surface area contributed by atoms with E-state index in [1.165, 1.54) is 6.08 Å². The molecule has 0 aromatic heterocycles. The third-order valence-electron chi connectivity index (χ3n) is 1.65. The van der Waals surface area contributed by atoms with Gasteiger partial charge in [0.2, 0.25) is 5.91 Å². The van der Waals surface area contributed by atoms with Gasteiger partial charge in [0.05, 0.1) is 6.17 Å². The number of nitrogens with two attached hydrogens (primary N) is 1. The number of allylic oxidation sites excluding steroid dienone is 1. The molecule has 4 N–H and O–H groups in total. The minimum absolute atomic E-state index is 0.163. The minimum Gasteiger partial charge on any atom is -0.367 e. The smallest absolute Gasteiger partial charge is 0.250 e. The van der Waals surface area contributed by atoms with Gasteiger partial charge in [0.25, 0.3) is 0 Å². The number of carbonyl (C=O) groups excluding carboxylic acids is 1. The van der Waals surface area contributed by atoms with Gasteiger partial charge in [-0.05, 0) is 12.6 Å². The molecule has 0 aliphatic carbocycles. The highest BCUT2D eigenvalue weighted by Gasteiger charge is 2.10. The number of hydrogen-bond acceptors (Lipinski definition) is 3. The Morgan fingerprint density at radius 3 is 3.15 bits per heavy atom. The molecule has 0 aromatic rings. The van der Waals surface area contributed by atoms with Crippen molar-refractivity contribution in [2.75, 3.05) is 0 Å². The van der Waals surface area contributed by atoms with E-state index in [4.69, 9.17) is 5.73 Å². The van der Waals surface area contributed by atoms with Crippen LogP contribution in [0.5, 0.6) is 0 Å². The van der Waals surface area contributed by atoms with Crippen molar-refractivity contribution in [3.8, 4) is 0 Å². The molecule has 13 heavy (non-hydrogen) atoms. The van der Waals surface area contributed by atoms with Crippen LogP contribution in [0, 0.1) is 0 Å². The Balaban J connectivity index is 2.48. The largest absolute Gasteiger partial charge is 0.367 e. The van der Waals surface area contributed by atoms with Crippen LogP contribution in [0.25, 0.3) is 0 Å². The van der Waals surface area contributed by atoms with Crippen molar-refractivity contribution in [3.05, 3.63) is 36.7 Å². The monoisotopic (exact) mass is 179 g/mol. The molecule has 0 saturated carbocycles. The molecule has 1 unspecified atom stereocenters. The van der Waals surface area contributed by atoms with Crippen molar-refractivity contribution in [2.45, 2.75) is 12.6 Å². The standard InChI is InChI=1S/C9H13N3O/c1-2-8(10)12-9(13)7-4-3-5-11-6-7/h2-3,5-6,8,11H,1,4,10H2,(H,12,13). The SMILES string of the molecule is C=CC(N)NC(=O)C1=CNC=CC1. The van der Waals surface area contributed by atoms with Gasteiger partial charge in [0.15, 0.2) is 0 Å². The zero-order chi connectivity index (χ0) is 9.68. The molecule has 0 radical (unpaired) electrons. The molecule has 1 aliphatic heterocycles. The maximum Gasteiger partial charge on any atom is 0.250 e. The summed E-state index contributed by atoms with van der Waals surface area (Å²) in [5, 5.41) is 5.41. The third-order valence-corrected chi connectivity index (χ3v) is 1.65. The third kappa shape index (κ3) is 2.76. The van der Waals surface area contributed by atoms with Crippen molar-refractivity contribution < 1.29 is 4.79 Å². The van der Waals surface area contributed by atoms with Crippen LogP contribution < -0.4 is 16.4 Å². The first-order valence-electron chi connectivity index (χ1n) is 4.03. The Morgan fingerprint density at radius 1 is 1.85 bits per heavy atom. The first-order chi connectivity index (χ1) is 6.24. The molecule has 0 spiro atoms. The Hall–Kier alpha value is -1.55. The summed E-state index contributed by atoms with van der Waals surface area (Å²) in [5.41, 5.74) is 6.13. The number of amides is 1. The molecule has 0 bridgehead atoms. The van der Waals surface area contributed by atoms with Gasteiger partial charge in [-0.2, -0.15) is 0 Å². The fourth-order valence-electron chi connectivity index (χ4n) is 0.923. The zero-order valence-electron chi connectivity index (χ0n) is 7.29. The molecule has 0 aromatic carbocycles. The maximum atomic E-state index is 11.4. The molecule has 4 heteroatoms. The van der Waals surface area contributed by atoms with Gasteiger partial charge in [0.1, 0.15) is 0 Å². The van der Waals surface area contributed by atoms with E-state index in [1.807, 2.05) is 6.08 Å². The van der Waals surface area contributed by atoms with Crippen LogP contribution in [-0.2, 0) is 4.79 Å². The average molecular weight is 179 g/mol. The molecular weight excluding hydrogens is 166 g/mol. The highest BCUT2D eigenvalue weighted by Crippen LogP contribution is 2.04. The summed E-state index contributed by atoms with van der Waals surface area (Å²) in [4.78, 5) is 11.4. The first-order valence-corrected chi connectivity index (χ1v) is 4.03. The normalized spacial score (nSPS) is 16.8. The van der Waals surface area contributed by atoms with Gasteiger partial charge in [-0.25, -0.2) is 0 Å². The predicted molar refractivity (Wildman–Crippen MR) is 51.3 cm³/mol. The summed E-state index contributed by atoms with van der Waals surface area (Å²) in [5.74, 6) is -0.163. The van der Waals surface area contributed by atoms with E-state index in [9.17, 15) is 4.79 Å². The van der Waals surface area contributed by atoms with Gasteiger partial charge in [-0.3, -0.25) is 4.79 Å². The van der Waals surface area contributed by atoms with Crippen molar-refractivity contribution in [2.24, 2.45) is 5.73 Å². The van der Waals surface area contributed by atoms with Crippen LogP contribution in [0.15, 0.2) is 36.7 Å². The van der Waals surface area contributed by atoms with E-state index in [2.05, 4.69) is 17.2 Å². The molecule has 1 aliphatic rings. The molecule has 0 saturated heterocycles. The van der Waals surface area contributed by atoms with Crippen LogP contribution in [0.3, 0.4) is 0 Å². The second-order valence-electron chi connectivity index (χ2n) is 2.68. The lowest BCUT2D eigenvalue weighted by Crippen LogP contribution is -2.40. The van der Waals surface area contributed by atoms with Crippen LogP contribution in [-0.4, -0.2) is 12.1 Å². The van der Waals surface area contributed by atoms with Gasteiger partial charge >= 0.3 is 0 Å². The topological polar surface area (TPSA) is 67.1 Å². The van der Waals surface area contributed by atoms with Gasteiger partial charge < -0.3 is 16.4 Å². The highest BCUT2D eigenvalue weighted by atomic mass is 16.1. The lowest BCUT2D eigenvalue weighted by atomic mass is 10.1. The fraction of sp³-hybridized carbons (Fsp3) is 0.222. The number of rotatable bonds is 3. The molecule has 4 nitrogen and oxygen atoms in total. The maximum absolute atomic E-state index is 11.4. The summed E-state index contributed by atoms with van der Waals surface area (Å²) in [6.45, 7) is 3.47. The molecule has 1 rings (SSSR count). The van der Waals surface area contributed by atoms with Crippen molar-refractivity contribution in [1.29, 1.82) is 0 Å². The van der Waals surface area contributed by atoms with Crippen molar-refractivity contribution in [1.82, 2.24) is 10.6 Å². The van der Waals surface area contributed by atoms with E-state index in [0.717, 1.165) is 0 Å². The Labute approximate surface area is 77.2 Å². The van der Waals surface area contributed by atoms with Gasteiger partial charge in [0, 0.05) is 11.8 Å². The van der Waals surface area contributed by atoms with E-state index in [1.54, 1.807) is 12.4 Å². The highest BCUT2D eigenvalue weighted by molar-refractivity contribution is 5.94. The zero-order valence-corrected chi connectivity index (χ0v) is 7.29. The number of carbonyl (C=O) groups is 1. The lowest BCUT2D eigenvalue weighted by molar-refractivity contribution is -0.118. The number of dihydropyridines is 1. The minimum atomic E-state index is -0.487. The predicted octanol–water partition coefficient (Wildman–Crippen LogP) is -0.0357. The number of hydrogen-bond donors (Lipinski definition) is 3. The molecule has 1 amide bonds. The van der Waals surface area contributed by atoms with Crippen LogP contribution in [0.1, 0.15) is 6.42 Å². The van der Waals surface area contributed by atoms with Crippen LogP contribution in [0.4, 0.5) is 0 Å². The molecule has 1 atom stereocenters. The van der Waals surface area contributed by atoms with Crippen molar-refractivity contribution in [3.63, 3.8) is 0 Å². The number of nitrogens with one attached hydrogen (secondary N) is 2. The second kappa shape index (κ2) is 4.47. The van der Waals surface area contributed by atoms with Crippen molar-refractivity contribution >= 4 is 5.91 Å². The Kier molecular flexibility index (Phi) is 3.28.